The molecule has 1 N–H and O–H groups in total. The van der Waals surface area contributed by atoms with Gasteiger partial charge < -0.3 is 9.84 Å². The van der Waals surface area contributed by atoms with Gasteiger partial charge in [-0.1, -0.05) is 18.2 Å². The average Bonchev–Trinajstić information content (AvgIpc) is 2.66. The Kier molecular flexibility index (Phi) is 2.70. The molecule has 76 valence electrons. The lowest BCUT2D eigenvalue weighted by Gasteiger charge is -2.23. The first-order chi connectivity index (χ1) is 6.76. The van der Waals surface area contributed by atoms with Gasteiger partial charge in [-0.15, -0.1) is 0 Å². The number of aliphatic hydroxyl groups is 1. The summed E-state index contributed by atoms with van der Waals surface area (Å²) in [5.41, 5.74) is 0.240. The highest BCUT2D eigenvalue weighted by Crippen LogP contribution is 2.40. The summed E-state index contributed by atoms with van der Waals surface area (Å²) in [7, 11) is 1.64. The third-order valence-electron chi connectivity index (χ3n) is 2.61. The van der Waals surface area contributed by atoms with Crippen molar-refractivity contribution in [3.8, 4) is 5.75 Å². The van der Waals surface area contributed by atoms with E-state index in [-0.39, 0.29) is 0 Å². The lowest BCUT2D eigenvalue weighted by molar-refractivity contribution is 0.0630. The van der Waals surface area contributed by atoms with Crippen molar-refractivity contribution in [2.24, 2.45) is 0 Å². The topological polar surface area (TPSA) is 29.5 Å². The Morgan fingerprint density at radius 2 is 2.21 bits per heavy atom. The maximum Gasteiger partial charge on any atom is 0.124 e. The van der Waals surface area contributed by atoms with Crippen LogP contribution < -0.4 is 4.74 Å². The van der Waals surface area contributed by atoms with E-state index in [1.807, 2.05) is 24.3 Å². The van der Waals surface area contributed by atoms with Crippen LogP contribution in [0.5, 0.6) is 5.75 Å². The minimum absolute atomic E-state index is 0.683. The summed E-state index contributed by atoms with van der Waals surface area (Å²) in [6.07, 6.45) is 0.818. The van der Waals surface area contributed by atoms with Crippen molar-refractivity contribution in [2.75, 3.05) is 18.6 Å². The molecule has 1 fully saturated rings. The number of para-hydroxylation sites is 1. The van der Waals surface area contributed by atoms with Gasteiger partial charge in [-0.05, 0) is 18.2 Å². The van der Waals surface area contributed by atoms with Crippen molar-refractivity contribution in [1.29, 1.82) is 0 Å². The largest absolute Gasteiger partial charge is 0.496 e. The van der Waals surface area contributed by atoms with Crippen molar-refractivity contribution < 1.29 is 9.84 Å². The standard InChI is InChI=1S/C11H14O2S/c1-13-10-5-3-2-4-9(10)11(12)6-7-14-8-11/h2-5,12H,6-8H2,1H3/t11-/m1/s1. The van der Waals surface area contributed by atoms with E-state index in [1.54, 1.807) is 18.9 Å². The lowest BCUT2D eigenvalue weighted by Crippen LogP contribution is -2.25. The van der Waals surface area contributed by atoms with E-state index in [1.165, 1.54) is 0 Å². The van der Waals surface area contributed by atoms with Crippen LogP contribution in [0.3, 0.4) is 0 Å². The molecule has 1 aliphatic rings. The highest BCUT2D eigenvalue weighted by molar-refractivity contribution is 7.99. The Labute approximate surface area is 88.3 Å². The lowest BCUT2D eigenvalue weighted by atomic mass is 9.92. The van der Waals surface area contributed by atoms with E-state index < -0.39 is 5.60 Å². The molecule has 0 amide bonds. The van der Waals surface area contributed by atoms with Crippen LogP contribution in [-0.4, -0.2) is 23.7 Å². The van der Waals surface area contributed by atoms with E-state index >= 15 is 0 Å². The van der Waals surface area contributed by atoms with E-state index in [2.05, 4.69) is 0 Å². The minimum Gasteiger partial charge on any atom is -0.496 e. The normalized spacial score (nSPS) is 26.4. The van der Waals surface area contributed by atoms with Gasteiger partial charge in [0.05, 0.1) is 7.11 Å². The van der Waals surface area contributed by atoms with E-state index in [4.69, 9.17) is 4.74 Å². The molecule has 0 radical (unpaired) electrons. The van der Waals surface area contributed by atoms with Crippen molar-refractivity contribution in [1.82, 2.24) is 0 Å². The zero-order chi connectivity index (χ0) is 10.0. The van der Waals surface area contributed by atoms with Crippen molar-refractivity contribution in [3.63, 3.8) is 0 Å². The molecule has 0 aliphatic carbocycles. The SMILES string of the molecule is COc1ccccc1[C@@]1(O)CCSC1. The molecule has 0 bridgehead atoms. The van der Waals surface area contributed by atoms with Gasteiger partial charge in [0, 0.05) is 11.3 Å². The number of rotatable bonds is 2. The molecule has 14 heavy (non-hydrogen) atoms. The predicted molar refractivity (Wildman–Crippen MR) is 58.8 cm³/mol. The zero-order valence-electron chi connectivity index (χ0n) is 8.19. The van der Waals surface area contributed by atoms with Crippen LogP contribution in [0.1, 0.15) is 12.0 Å². The van der Waals surface area contributed by atoms with E-state index in [9.17, 15) is 5.11 Å². The van der Waals surface area contributed by atoms with Crippen LogP contribution >= 0.6 is 11.8 Å². The molecule has 2 nitrogen and oxygen atoms in total. The van der Waals surface area contributed by atoms with Crippen molar-refractivity contribution >= 4 is 11.8 Å². The smallest absolute Gasteiger partial charge is 0.124 e. The van der Waals surface area contributed by atoms with Gasteiger partial charge in [-0.2, -0.15) is 11.8 Å². The van der Waals surface area contributed by atoms with Crippen LogP contribution in [-0.2, 0) is 5.60 Å². The highest BCUT2D eigenvalue weighted by Gasteiger charge is 2.35. The maximum atomic E-state index is 10.4. The second kappa shape index (κ2) is 3.83. The van der Waals surface area contributed by atoms with Gasteiger partial charge in [0.2, 0.25) is 0 Å². The van der Waals surface area contributed by atoms with E-state index in [0.29, 0.717) is 0 Å². The molecule has 0 unspecified atom stereocenters. The number of hydrogen-bond donors (Lipinski definition) is 1. The Morgan fingerprint density at radius 3 is 2.86 bits per heavy atom. The molecule has 1 aromatic rings. The molecule has 1 heterocycles. The fourth-order valence-electron chi connectivity index (χ4n) is 1.80. The number of methoxy groups -OCH3 is 1. The molecular formula is C11H14O2S. The fraction of sp³-hybridized carbons (Fsp3) is 0.455. The summed E-state index contributed by atoms with van der Waals surface area (Å²) in [4.78, 5) is 0. The number of hydrogen-bond acceptors (Lipinski definition) is 3. The average molecular weight is 210 g/mol. The first kappa shape index (κ1) is 9.87. The molecule has 1 atom stereocenters. The van der Waals surface area contributed by atoms with Gasteiger partial charge >= 0.3 is 0 Å². The summed E-state index contributed by atoms with van der Waals surface area (Å²) in [6.45, 7) is 0. The number of ether oxygens (including phenoxy) is 1. The maximum absolute atomic E-state index is 10.4. The molecule has 3 heteroatoms. The molecule has 0 aromatic heterocycles. The predicted octanol–water partition coefficient (Wildman–Crippen LogP) is 2.02. The highest BCUT2D eigenvalue weighted by atomic mass is 32.2. The summed E-state index contributed by atoms with van der Waals surface area (Å²) in [5.74, 6) is 2.58. The summed E-state index contributed by atoms with van der Waals surface area (Å²) in [6, 6.07) is 7.72. The van der Waals surface area contributed by atoms with Crippen molar-refractivity contribution in [2.45, 2.75) is 12.0 Å². The summed E-state index contributed by atoms with van der Waals surface area (Å²) in [5, 5.41) is 10.4. The summed E-state index contributed by atoms with van der Waals surface area (Å²) >= 11 is 1.79. The minimum atomic E-state index is -0.683. The van der Waals surface area contributed by atoms with E-state index in [0.717, 1.165) is 29.2 Å². The molecule has 2 rings (SSSR count). The fourth-order valence-corrected chi connectivity index (χ4v) is 3.06. The Morgan fingerprint density at radius 1 is 1.43 bits per heavy atom. The Hall–Kier alpha value is -0.670. The molecule has 1 aromatic carbocycles. The first-order valence-corrected chi connectivity index (χ1v) is 5.85. The van der Waals surface area contributed by atoms with Crippen LogP contribution in [0.15, 0.2) is 24.3 Å². The van der Waals surface area contributed by atoms with Gasteiger partial charge in [0.15, 0.2) is 0 Å². The number of thioether (sulfide) groups is 1. The summed E-state index contributed by atoms with van der Waals surface area (Å²) < 4.78 is 5.25. The third-order valence-corrected chi connectivity index (χ3v) is 3.78. The van der Waals surface area contributed by atoms with Gasteiger partial charge in [-0.3, -0.25) is 0 Å². The first-order valence-electron chi connectivity index (χ1n) is 4.70. The zero-order valence-corrected chi connectivity index (χ0v) is 9.01. The quantitative estimate of drug-likeness (QED) is 0.809. The molecule has 1 saturated heterocycles. The van der Waals surface area contributed by atoms with Crippen LogP contribution in [0, 0.1) is 0 Å². The van der Waals surface area contributed by atoms with Gasteiger partial charge in [-0.25, -0.2) is 0 Å². The molecule has 1 aliphatic heterocycles. The second-order valence-electron chi connectivity index (χ2n) is 3.53. The van der Waals surface area contributed by atoms with Crippen LogP contribution in [0.2, 0.25) is 0 Å². The monoisotopic (exact) mass is 210 g/mol. The molecular weight excluding hydrogens is 196 g/mol. The Bertz CT molecular complexity index is 319. The van der Waals surface area contributed by atoms with Gasteiger partial charge in [0.25, 0.3) is 0 Å². The van der Waals surface area contributed by atoms with Gasteiger partial charge in [0.1, 0.15) is 11.4 Å². The van der Waals surface area contributed by atoms with Crippen LogP contribution in [0.4, 0.5) is 0 Å². The molecule has 0 saturated carbocycles. The molecule has 0 spiro atoms. The van der Waals surface area contributed by atoms with Crippen LogP contribution in [0.25, 0.3) is 0 Å². The second-order valence-corrected chi connectivity index (χ2v) is 4.64. The van der Waals surface area contributed by atoms with Crippen molar-refractivity contribution in [3.05, 3.63) is 29.8 Å². The third kappa shape index (κ3) is 1.62. The Balaban J connectivity index is 2.39. The number of benzene rings is 1.